The molecule has 0 aromatic heterocycles. The standard InChI is InChI=1S/C12H15Cl2N3O/c1-7-4-11(17-16-7)15-12(18)6-8-2-3-9(13)10(14)5-8/h2-3,5,7,11,16-17H,4,6H2,1H3,(H,15,18). The summed E-state index contributed by atoms with van der Waals surface area (Å²) in [6.07, 6.45) is 1.14. The fraction of sp³-hybridized carbons (Fsp3) is 0.417. The molecule has 6 heteroatoms. The zero-order valence-electron chi connectivity index (χ0n) is 9.97. The first-order valence-electron chi connectivity index (χ1n) is 5.79. The topological polar surface area (TPSA) is 53.2 Å². The summed E-state index contributed by atoms with van der Waals surface area (Å²) < 4.78 is 0. The number of benzene rings is 1. The predicted molar refractivity (Wildman–Crippen MR) is 72.4 cm³/mol. The Labute approximate surface area is 116 Å². The van der Waals surface area contributed by atoms with E-state index in [0.717, 1.165) is 12.0 Å². The summed E-state index contributed by atoms with van der Waals surface area (Å²) >= 11 is 11.7. The first kappa shape index (κ1) is 13.6. The summed E-state index contributed by atoms with van der Waals surface area (Å²) in [5.74, 6) is -0.0400. The molecule has 1 aromatic carbocycles. The van der Waals surface area contributed by atoms with Gasteiger partial charge in [-0.15, -0.1) is 0 Å². The maximum absolute atomic E-state index is 11.8. The molecule has 18 heavy (non-hydrogen) atoms. The molecule has 2 rings (SSSR count). The maximum atomic E-state index is 11.8. The van der Waals surface area contributed by atoms with E-state index in [0.29, 0.717) is 22.5 Å². The van der Waals surface area contributed by atoms with E-state index < -0.39 is 0 Å². The number of hydrogen-bond acceptors (Lipinski definition) is 3. The van der Waals surface area contributed by atoms with Crippen LogP contribution in [0.2, 0.25) is 10.0 Å². The lowest BCUT2D eigenvalue weighted by Crippen LogP contribution is -2.44. The van der Waals surface area contributed by atoms with Gasteiger partial charge in [-0.3, -0.25) is 10.2 Å². The molecule has 1 fully saturated rings. The van der Waals surface area contributed by atoms with E-state index in [1.807, 2.05) is 0 Å². The molecule has 0 spiro atoms. The predicted octanol–water partition coefficient (Wildman–Crippen LogP) is 1.86. The number of hydrogen-bond donors (Lipinski definition) is 3. The molecule has 1 aliphatic rings. The van der Waals surface area contributed by atoms with Gasteiger partial charge in [0, 0.05) is 6.04 Å². The van der Waals surface area contributed by atoms with Crippen LogP contribution in [0.3, 0.4) is 0 Å². The van der Waals surface area contributed by atoms with E-state index >= 15 is 0 Å². The van der Waals surface area contributed by atoms with Crippen molar-refractivity contribution in [2.24, 2.45) is 0 Å². The number of nitrogens with one attached hydrogen (secondary N) is 3. The van der Waals surface area contributed by atoms with E-state index in [9.17, 15) is 4.79 Å². The van der Waals surface area contributed by atoms with Crippen molar-refractivity contribution in [2.75, 3.05) is 0 Å². The van der Waals surface area contributed by atoms with Crippen molar-refractivity contribution in [3.05, 3.63) is 33.8 Å². The fourth-order valence-corrected chi connectivity index (χ4v) is 2.21. The Kier molecular flexibility index (Phi) is 4.45. The van der Waals surface area contributed by atoms with Crippen molar-refractivity contribution in [1.29, 1.82) is 0 Å². The van der Waals surface area contributed by atoms with Crippen LogP contribution in [-0.2, 0) is 11.2 Å². The van der Waals surface area contributed by atoms with Gasteiger partial charge in [0.05, 0.1) is 22.6 Å². The molecular weight excluding hydrogens is 273 g/mol. The van der Waals surface area contributed by atoms with Gasteiger partial charge in [-0.25, -0.2) is 5.43 Å². The normalized spacial score (nSPS) is 23.1. The van der Waals surface area contributed by atoms with Crippen LogP contribution in [0.1, 0.15) is 18.9 Å². The third-order valence-electron chi connectivity index (χ3n) is 2.78. The first-order valence-corrected chi connectivity index (χ1v) is 6.54. The SMILES string of the molecule is CC1CC(NC(=O)Cc2ccc(Cl)c(Cl)c2)NN1. The zero-order chi connectivity index (χ0) is 13.1. The molecule has 1 heterocycles. The lowest BCUT2D eigenvalue weighted by Gasteiger charge is -2.12. The third kappa shape index (κ3) is 3.59. The van der Waals surface area contributed by atoms with Crippen LogP contribution in [0.4, 0.5) is 0 Å². The molecule has 1 amide bonds. The summed E-state index contributed by atoms with van der Waals surface area (Å²) in [6.45, 7) is 2.05. The molecule has 1 saturated heterocycles. The average Bonchev–Trinajstić information content (AvgIpc) is 2.69. The maximum Gasteiger partial charge on any atom is 0.225 e. The largest absolute Gasteiger partial charge is 0.339 e. The Morgan fingerprint density at radius 1 is 1.39 bits per heavy atom. The van der Waals surface area contributed by atoms with Crippen molar-refractivity contribution < 1.29 is 4.79 Å². The van der Waals surface area contributed by atoms with Crippen LogP contribution in [0, 0.1) is 0 Å². The van der Waals surface area contributed by atoms with Gasteiger partial charge >= 0.3 is 0 Å². The van der Waals surface area contributed by atoms with Gasteiger partial charge in [0.2, 0.25) is 5.91 Å². The molecule has 1 aromatic rings. The smallest absolute Gasteiger partial charge is 0.225 e. The highest BCUT2D eigenvalue weighted by Crippen LogP contribution is 2.22. The summed E-state index contributed by atoms with van der Waals surface area (Å²) in [5.41, 5.74) is 6.91. The molecule has 2 atom stereocenters. The van der Waals surface area contributed by atoms with Gasteiger partial charge in [0.1, 0.15) is 0 Å². The van der Waals surface area contributed by atoms with Crippen LogP contribution in [0.5, 0.6) is 0 Å². The van der Waals surface area contributed by atoms with Gasteiger partial charge in [0.25, 0.3) is 0 Å². The highest BCUT2D eigenvalue weighted by molar-refractivity contribution is 6.42. The molecule has 4 nitrogen and oxygen atoms in total. The Hall–Kier alpha value is -0.810. The molecular formula is C12H15Cl2N3O. The van der Waals surface area contributed by atoms with Gasteiger partial charge in [-0.05, 0) is 31.0 Å². The van der Waals surface area contributed by atoms with Crippen LogP contribution in [0.25, 0.3) is 0 Å². The molecule has 0 radical (unpaired) electrons. The second-order valence-electron chi connectivity index (χ2n) is 4.47. The van der Waals surface area contributed by atoms with E-state index in [4.69, 9.17) is 23.2 Å². The Balaban J connectivity index is 1.89. The summed E-state index contributed by atoms with van der Waals surface area (Å²) in [5, 5.41) is 3.87. The Morgan fingerprint density at radius 2 is 2.17 bits per heavy atom. The number of carbonyl (C=O) groups is 1. The fourth-order valence-electron chi connectivity index (χ4n) is 1.89. The van der Waals surface area contributed by atoms with Crippen LogP contribution in [0.15, 0.2) is 18.2 Å². The van der Waals surface area contributed by atoms with Gasteiger partial charge in [0.15, 0.2) is 0 Å². The average molecular weight is 288 g/mol. The van der Waals surface area contributed by atoms with Crippen molar-refractivity contribution >= 4 is 29.1 Å². The quantitative estimate of drug-likeness (QED) is 0.796. The number of carbonyl (C=O) groups excluding carboxylic acids is 1. The lowest BCUT2D eigenvalue weighted by atomic mass is 10.1. The third-order valence-corrected chi connectivity index (χ3v) is 3.52. The lowest BCUT2D eigenvalue weighted by molar-refractivity contribution is -0.121. The summed E-state index contributed by atoms with van der Waals surface area (Å²) in [6, 6.07) is 5.58. The minimum atomic E-state index is -0.0400. The summed E-state index contributed by atoms with van der Waals surface area (Å²) in [4.78, 5) is 11.8. The minimum absolute atomic E-state index is 0.0183. The van der Waals surface area contributed by atoms with Crippen LogP contribution in [-0.4, -0.2) is 18.1 Å². The Morgan fingerprint density at radius 3 is 2.78 bits per heavy atom. The molecule has 98 valence electrons. The second-order valence-corrected chi connectivity index (χ2v) is 5.29. The number of amides is 1. The molecule has 1 aliphatic heterocycles. The Bertz CT molecular complexity index is 453. The second kappa shape index (κ2) is 5.89. The molecule has 2 unspecified atom stereocenters. The number of halogens is 2. The van der Waals surface area contributed by atoms with E-state index in [1.54, 1.807) is 18.2 Å². The van der Waals surface area contributed by atoms with Crippen molar-refractivity contribution in [1.82, 2.24) is 16.2 Å². The van der Waals surface area contributed by atoms with Crippen LogP contribution < -0.4 is 16.2 Å². The molecule has 3 N–H and O–H groups in total. The van der Waals surface area contributed by atoms with Crippen LogP contribution >= 0.6 is 23.2 Å². The molecule has 0 saturated carbocycles. The van der Waals surface area contributed by atoms with E-state index in [1.165, 1.54) is 0 Å². The molecule has 0 bridgehead atoms. The van der Waals surface area contributed by atoms with E-state index in [2.05, 4.69) is 23.1 Å². The highest BCUT2D eigenvalue weighted by atomic mass is 35.5. The number of hydrazine groups is 1. The number of rotatable bonds is 3. The zero-order valence-corrected chi connectivity index (χ0v) is 11.5. The molecule has 0 aliphatic carbocycles. The van der Waals surface area contributed by atoms with Gasteiger partial charge < -0.3 is 5.32 Å². The highest BCUT2D eigenvalue weighted by Gasteiger charge is 2.21. The van der Waals surface area contributed by atoms with Crippen molar-refractivity contribution in [2.45, 2.75) is 32.0 Å². The van der Waals surface area contributed by atoms with E-state index in [-0.39, 0.29) is 12.1 Å². The summed E-state index contributed by atoms with van der Waals surface area (Å²) in [7, 11) is 0. The van der Waals surface area contributed by atoms with Gasteiger partial charge in [-0.1, -0.05) is 29.3 Å². The van der Waals surface area contributed by atoms with Crippen molar-refractivity contribution in [3.8, 4) is 0 Å². The first-order chi connectivity index (χ1) is 8.54. The minimum Gasteiger partial charge on any atom is -0.339 e. The van der Waals surface area contributed by atoms with Gasteiger partial charge in [-0.2, -0.15) is 0 Å². The monoisotopic (exact) mass is 287 g/mol. The van der Waals surface area contributed by atoms with Crippen molar-refractivity contribution in [3.63, 3.8) is 0 Å².